The molecule has 0 spiro atoms. The van der Waals surface area contributed by atoms with Gasteiger partial charge in [0.15, 0.2) is 0 Å². The molecule has 30 heavy (non-hydrogen) atoms. The molecule has 5 nitrogen and oxygen atoms in total. The molecule has 0 atom stereocenters. The van der Waals surface area contributed by atoms with Crippen molar-refractivity contribution in [2.45, 2.75) is 33.9 Å². The van der Waals surface area contributed by atoms with Gasteiger partial charge in [-0.25, -0.2) is 0 Å². The zero-order chi connectivity index (χ0) is 21.5. The van der Waals surface area contributed by atoms with Gasteiger partial charge in [-0.05, 0) is 37.1 Å². The number of carbonyl (C=O) groups is 1. The van der Waals surface area contributed by atoms with Crippen molar-refractivity contribution in [2.75, 3.05) is 18.4 Å². The van der Waals surface area contributed by atoms with E-state index in [1.165, 1.54) is 5.56 Å². The van der Waals surface area contributed by atoms with Gasteiger partial charge in [-0.1, -0.05) is 67.6 Å². The first kappa shape index (κ1) is 21.4. The molecule has 1 N–H and O–H groups in total. The molecule has 1 heterocycles. The second kappa shape index (κ2) is 9.91. The summed E-state index contributed by atoms with van der Waals surface area (Å²) in [6.45, 7) is 8.30. The topological polar surface area (TPSA) is 61.1 Å². The van der Waals surface area contributed by atoms with Crippen LogP contribution >= 0.6 is 0 Å². The van der Waals surface area contributed by atoms with Crippen molar-refractivity contribution in [3.63, 3.8) is 0 Å². The molecule has 154 valence electrons. The lowest BCUT2D eigenvalue weighted by Crippen LogP contribution is -2.33. The smallest absolute Gasteiger partial charge is 0.239 e. The van der Waals surface area contributed by atoms with Crippen molar-refractivity contribution >= 4 is 11.7 Å². The lowest BCUT2D eigenvalue weighted by molar-refractivity contribution is -0.117. The minimum Gasteiger partial charge on any atom is -0.326 e. The molecule has 0 aliphatic heterocycles. The summed E-state index contributed by atoms with van der Waals surface area (Å²) < 4.78 is 2.02. The van der Waals surface area contributed by atoms with Crippen LogP contribution in [0.2, 0.25) is 0 Å². The Morgan fingerprint density at radius 1 is 1.03 bits per heavy atom. The molecule has 0 saturated heterocycles. The summed E-state index contributed by atoms with van der Waals surface area (Å²) >= 11 is 0. The van der Waals surface area contributed by atoms with Gasteiger partial charge in [-0.2, -0.15) is 5.26 Å². The van der Waals surface area contributed by atoms with Gasteiger partial charge in [0.25, 0.3) is 0 Å². The van der Waals surface area contributed by atoms with E-state index in [2.05, 4.69) is 28.4 Å². The second-order valence-electron chi connectivity index (χ2n) is 7.45. The fourth-order valence-corrected chi connectivity index (χ4v) is 3.59. The summed E-state index contributed by atoms with van der Waals surface area (Å²) in [4.78, 5) is 15.0. The average molecular weight is 401 g/mol. The molecule has 0 bridgehead atoms. The van der Waals surface area contributed by atoms with Gasteiger partial charge >= 0.3 is 0 Å². The number of carbonyl (C=O) groups excluding carboxylic acids is 1. The molecule has 0 unspecified atom stereocenters. The number of amides is 1. The number of anilines is 1. The Bertz CT molecular complexity index is 1030. The fourth-order valence-electron chi connectivity index (χ4n) is 3.59. The maximum absolute atomic E-state index is 12.9. The predicted molar refractivity (Wildman–Crippen MR) is 120 cm³/mol. The third-order valence-electron chi connectivity index (χ3n) is 5.45. The van der Waals surface area contributed by atoms with Crippen LogP contribution in [0.1, 0.15) is 34.9 Å². The molecule has 2 aromatic carbocycles. The summed E-state index contributed by atoms with van der Waals surface area (Å²) in [6.07, 6.45) is 0. The third kappa shape index (κ3) is 4.97. The Labute approximate surface area is 178 Å². The van der Waals surface area contributed by atoms with Crippen LogP contribution in [0.5, 0.6) is 0 Å². The highest BCUT2D eigenvalue weighted by Crippen LogP contribution is 2.27. The Balaban J connectivity index is 1.80. The monoisotopic (exact) mass is 400 g/mol. The van der Waals surface area contributed by atoms with E-state index in [0.29, 0.717) is 24.5 Å². The highest BCUT2D eigenvalue weighted by Gasteiger charge is 2.20. The molecular weight excluding hydrogens is 372 g/mol. The van der Waals surface area contributed by atoms with E-state index in [0.717, 1.165) is 23.4 Å². The van der Waals surface area contributed by atoms with E-state index in [-0.39, 0.29) is 12.5 Å². The van der Waals surface area contributed by atoms with Crippen LogP contribution in [0, 0.1) is 25.2 Å². The number of benzene rings is 2. The van der Waals surface area contributed by atoms with E-state index in [1.54, 1.807) is 0 Å². The van der Waals surface area contributed by atoms with Crippen LogP contribution in [0.4, 0.5) is 5.82 Å². The molecule has 3 aromatic rings. The summed E-state index contributed by atoms with van der Waals surface area (Å²) in [5, 5.41) is 12.7. The molecule has 3 rings (SSSR count). The first-order valence-electron chi connectivity index (χ1n) is 10.2. The van der Waals surface area contributed by atoms with Crippen LogP contribution in [0.25, 0.3) is 0 Å². The summed E-state index contributed by atoms with van der Waals surface area (Å²) in [7, 11) is 0. The Morgan fingerprint density at radius 3 is 2.20 bits per heavy atom. The minimum atomic E-state index is -0.115. The van der Waals surface area contributed by atoms with E-state index in [4.69, 9.17) is 0 Å². The third-order valence-corrected chi connectivity index (χ3v) is 5.45. The molecule has 5 heteroatoms. The lowest BCUT2D eigenvalue weighted by Gasteiger charge is -2.20. The molecular formula is C25H28N4O. The van der Waals surface area contributed by atoms with Crippen LogP contribution in [-0.4, -0.2) is 28.5 Å². The van der Waals surface area contributed by atoms with Crippen molar-refractivity contribution in [3.05, 3.63) is 88.6 Å². The normalized spacial score (nSPS) is 10.8. The molecule has 0 aliphatic carbocycles. The highest BCUT2D eigenvalue weighted by atomic mass is 16.2. The first-order valence-corrected chi connectivity index (χ1v) is 10.2. The molecule has 1 amide bonds. The van der Waals surface area contributed by atoms with E-state index >= 15 is 0 Å². The Hall–Kier alpha value is -3.36. The van der Waals surface area contributed by atoms with Gasteiger partial charge in [0.2, 0.25) is 5.91 Å². The second-order valence-corrected chi connectivity index (χ2v) is 7.45. The standard InChI is InChI=1S/C25H28N4O/c1-4-28(16-21-11-7-5-8-12-21)18-24(30)27-25-23(15-26)19(2)20(3)29(25)17-22-13-9-6-10-14-22/h5-14H,4,16-18H2,1-3H3,(H,27,30). The Kier molecular flexibility index (Phi) is 7.05. The zero-order valence-corrected chi connectivity index (χ0v) is 17.9. The molecule has 1 aromatic heterocycles. The molecule has 0 aliphatic rings. The fraction of sp³-hybridized carbons (Fsp3) is 0.280. The largest absolute Gasteiger partial charge is 0.326 e. The van der Waals surface area contributed by atoms with Crippen molar-refractivity contribution < 1.29 is 4.79 Å². The summed E-state index contributed by atoms with van der Waals surface area (Å²) in [5.74, 6) is 0.466. The molecule has 0 saturated carbocycles. The van der Waals surface area contributed by atoms with Crippen molar-refractivity contribution in [2.24, 2.45) is 0 Å². The van der Waals surface area contributed by atoms with E-state index in [1.807, 2.05) is 73.9 Å². The number of likely N-dealkylation sites (N-methyl/N-ethyl adjacent to an activating group) is 1. The van der Waals surface area contributed by atoms with Crippen LogP contribution in [-0.2, 0) is 17.9 Å². The first-order chi connectivity index (χ1) is 14.5. The van der Waals surface area contributed by atoms with Crippen LogP contribution in [0.15, 0.2) is 60.7 Å². The minimum absolute atomic E-state index is 0.115. The van der Waals surface area contributed by atoms with Gasteiger partial charge in [-0.3, -0.25) is 9.69 Å². The Morgan fingerprint density at radius 2 is 1.63 bits per heavy atom. The number of hydrogen-bond acceptors (Lipinski definition) is 3. The number of nitrogens with one attached hydrogen (secondary N) is 1. The summed E-state index contributed by atoms with van der Waals surface area (Å²) in [5.41, 5.74) is 4.71. The zero-order valence-electron chi connectivity index (χ0n) is 17.9. The number of nitriles is 1. The maximum Gasteiger partial charge on any atom is 0.239 e. The number of hydrogen-bond donors (Lipinski definition) is 1. The number of rotatable bonds is 8. The van der Waals surface area contributed by atoms with E-state index in [9.17, 15) is 10.1 Å². The highest BCUT2D eigenvalue weighted by molar-refractivity contribution is 5.93. The van der Waals surface area contributed by atoms with Crippen LogP contribution in [0.3, 0.4) is 0 Å². The molecule has 0 radical (unpaired) electrons. The summed E-state index contributed by atoms with van der Waals surface area (Å²) in [6, 6.07) is 22.5. The predicted octanol–water partition coefficient (Wildman–Crippen LogP) is 4.49. The number of aromatic nitrogens is 1. The van der Waals surface area contributed by atoms with Crippen molar-refractivity contribution in [1.82, 2.24) is 9.47 Å². The quantitative estimate of drug-likeness (QED) is 0.606. The van der Waals surface area contributed by atoms with Gasteiger partial charge in [-0.15, -0.1) is 0 Å². The molecule has 0 fully saturated rings. The van der Waals surface area contributed by atoms with Crippen LogP contribution < -0.4 is 5.32 Å². The van der Waals surface area contributed by atoms with Crippen molar-refractivity contribution in [3.8, 4) is 6.07 Å². The van der Waals surface area contributed by atoms with Gasteiger partial charge in [0.05, 0.1) is 12.1 Å². The van der Waals surface area contributed by atoms with Gasteiger partial charge < -0.3 is 9.88 Å². The van der Waals surface area contributed by atoms with E-state index < -0.39 is 0 Å². The average Bonchev–Trinajstić information content (AvgIpc) is 2.98. The number of nitrogens with zero attached hydrogens (tertiary/aromatic N) is 3. The SMILES string of the molecule is CCN(CC(=O)Nc1c(C#N)c(C)c(C)n1Cc1ccccc1)Cc1ccccc1. The van der Waals surface area contributed by atoms with Gasteiger partial charge in [0.1, 0.15) is 11.9 Å². The maximum atomic E-state index is 12.9. The van der Waals surface area contributed by atoms with Gasteiger partial charge in [0, 0.05) is 18.8 Å². The van der Waals surface area contributed by atoms with Crippen molar-refractivity contribution in [1.29, 1.82) is 5.26 Å². The lowest BCUT2D eigenvalue weighted by atomic mass is 10.2.